The van der Waals surface area contributed by atoms with Gasteiger partial charge in [-0.3, -0.25) is 0 Å². The zero-order valence-electron chi connectivity index (χ0n) is 38.3. The van der Waals surface area contributed by atoms with Crippen molar-refractivity contribution in [1.82, 2.24) is 0 Å². The predicted octanol–water partition coefficient (Wildman–Crippen LogP) is 16.3. The van der Waals surface area contributed by atoms with Crippen molar-refractivity contribution >= 4 is 48.6 Å². The van der Waals surface area contributed by atoms with Crippen LogP contribution >= 0.6 is 0 Å². The molecule has 0 spiro atoms. The van der Waals surface area contributed by atoms with Gasteiger partial charge in [-0.05, 0) is 143 Å². The SMILES string of the molecule is Cc1ccc(/C=C/c2cc(/C=C/c3ccc(C)cc3)cc(OCc3cc(COc4cc(/C=C/c5ccc(C)cc5)cc(/C=C/c5ccc(C)cc5)c4)cc(OCc4ccccc4)c3)c2)cc1. The first-order chi connectivity index (χ1) is 32.2. The van der Waals surface area contributed by atoms with Gasteiger partial charge in [0, 0.05) is 0 Å². The van der Waals surface area contributed by atoms with Crippen molar-refractivity contribution in [1.29, 1.82) is 0 Å². The molecule has 0 aliphatic rings. The van der Waals surface area contributed by atoms with Gasteiger partial charge in [0.25, 0.3) is 0 Å². The average Bonchev–Trinajstić information content (AvgIpc) is 3.34. The Kier molecular flexibility index (Phi) is 15.0. The molecular weight excluding hydrogens is 805 g/mol. The van der Waals surface area contributed by atoms with Crippen molar-refractivity contribution in [3.05, 3.63) is 265 Å². The first-order valence-corrected chi connectivity index (χ1v) is 22.6. The third-order valence-corrected chi connectivity index (χ3v) is 11.2. The Hall–Kier alpha value is -7.88. The fourth-order valence-electron chi connectivity index (χ4n) is 7.38. The van der Waals surface area contributed by atoms with Gasteiger partial charge in [-0.15, -0.1) is 0 Å². The van der Waals surface area contributed by atoms with Gasteiger partial charge in [-0.25, -0.2) is 0 Å². The molecule has 0 amide bonds. The summed E-state index contributed by atoms with van der Waals surface area (Å²) >= 11 is 0. The zero-order valence-corrected chi connectivity index (χ0v) is 38.3. The van der Waals surface area contributed by atoms with E-state index in [-0.39, 0.29) is 0 Å². The van der Waals surface area contributed by atoms with Gasteiger partial charge >= 0.3 is 0 Å². The monoisotopic (exact) mass is 860 g/mol. The molecule has 0 aliphatic carbocycles. The minimum absolute atomic E-state index is 0.342. The van der Waals surface area contributed by atoms with Crippen molar-refractivity contribution < 1.29 is 14.2 Å². The van der Waals surface area contributed by atoms with Crippen LogP contribution in [0.2, 0.25) is 0 Å². The maximum Gasteiger partial charge on any atom is 0.121 e. The third-order valence-electron chi connectivity index (χ3n) is 11.2. The summed E-state index contributed by atoms with van der Waals surface area (Å²) in [6.07, 6.45) is 17.2. The summed E-state index contributed by atoms with van der Waals surface area (Å²) in [6.45, 7) is 9.56. The van der Waals surface area contributed by atoms with E-state index in [2.05, 4.69) is 240 Å². The molecule has 3 nitrogen and oxygen atoms in total. The molecule has 8 aromatic rings. The number of hydrogen-bond acceptors (Lipinski definition) is 3. The molecule has 326 valence electrons. The van der Waals surface area contributed by atoms with Crippen molar-refractivity contribution in [2.75, 3.05) is 0 Å². The highest BCUT2D eigenvalue weighted by Gasteiger charge is 2.09. The smallest absolute Gasteiger partial charge is 0.121 e. The maximum absolute atomic E-state index is 6.64. The molecule has 0 N–H and O–H groups in total. The van der Waals surface area contributed by atoms with Crippen molar-refractivity contribution in [2.24, 2.45) is 0 Å². The molecular formula is C63H56O3. The van der Waals surface area contributed by atoms with E-state index in [1.54, 1.807) is 0 Å². The Morgan fingerprint density at radius 2 is 0.530 bits per heavy atom. The van der Waals surface area contributed by atoms with E-state index in [0.29, 0.717) is 19.8 Å². The topological polar surface area (TPSA) is 27.7 Å². The zero-order chi connectivity index (χ0) is 45.5. The van der Waals surface area contributed by atoms with Gasteiger partial charge < -0.3 is 14.2 Å². The minimum atomic E-state index is 0.342. The second-order valence-corrected chi connectivity index (χ2v) is 17.0. The van der Waals surface area contributed by atoms with Gasteiger partial charge in [0.05, 0.1) is 0 Å². The lowest BCUT2D eigenvalue weighted by Gasteiger charge is -2.14. The normalized spacial score (nSPS) is 11.6. The second kappa shape index (κ2) is 22.2. The van der Waals surface area contributed by atoms with Gasteiger partial charge in [0.2, 0.25) is 0 Å². The van der Waals surface area contributed by atoms with Gasteiger partial charge in [0.15, 0.2) is 0 Å². The van der Waals surface area contributed by atoms with E-state index in [9.17, 15) is 0 Å². The molecule has 0 bridgehead atoms. The van der Waals surface area contributed by atoms with Crippen LogP contribution in [0.25, 0.3) is 48.6 Å². The van der Waals surface area contributed by atoms with Crippen LogP contribution in [0.1, 0.15) is 83.5 Å². The lowest BCUT2D eigenvalue weighted by atomic mass is 10.1. The molecule has 0 unspecified atom stereocenters. The molecule has 66 heavy (non-hydrogen) atoms. The molecule has 8 aromatic carbocycles. The summed E-state index contributed by atoms with van der Waals surface area (Å²) in [4.78, 5) is 0. The average molecular weight is 861 g/mol. The molecule has 0 aliphatic heterocycles. The van der Waals surface area contributed by atoms with E-state index in [1.807, 2.05) is 18.2 Å². The number of ether oxygens (including phenoxy) is 3. The Balaban J connectivity index is 1.06. The summed E-state index contributed by atoms with van der Waals surface area (Å²) in [5, 5.41) is 0. The summed E-state index contributed by atoms with van der Waals surface area (Å²) in [5.74, 6) is 2.31. The van der Waals surface area contributed by atoms with E-state index >= 15 is 0 Å². The van der Waals surface area contributed by atoms with Crippen molar-refractivity contribution in [3.8, 4) is 17.2 Å². The summed E-state index contributed by atoms with van der Waals surface area (Å²) < 4.78 is 19.7. The number of aryl methyl sites for hydroxylation is 4. The van der Waals surface area contributed by atoms with Crippen LogP contribution in [0.4, 0.5) is 0 Å². The summed E-state index contributed by atoms with van der Waals surface area (Å²) in [6, 6.07) is 63.5. The van der Waals surface area contributed by atoms with Crippen molar-refractivity contribution in [2.45, 2.75) is 47.5 Å². The summed E-state index contributed by atoms with van der Waals surface area (Å²) in [7, 11) is 0. The lowest BCUT2D eigenvalue weighted by Crippen LogP contribution is -2.03. The highest BCUT2D eigenvalue weighted by molar-refractivity contribution is 5.77. The van der Waals surface area contributed by atoms with Crippen LogP contribution in [-0.4, -0.2) is 0 Å². The molecule has 0 fully saturated rings. The number of rotatable bonds is 17. The largest absolute Gasteiger partial charge is 0.489 e. The van der Waals surface area contributed by atoms with Crippen LogP contribution in [-0.2, 0) is 19.8 Å². The molecule has 8 rings (SSSR count). The Morgan fingerprint density at radius 1 is 0.258 bits per heavy atom. The molecule has 0 radical (unpaired) electrons. The predicted molar refractivity (Wildman–Crippen MR) is 279 cm³/mol. The second-order valence-electron chi connectivity index (χ2n) is 17.0. The highest BCUT2D eigenvalue weighted by Crippen LogP contribution is 2.27. The quantitative estimate of drug-likeness (QED) is 0.0854. The minimum Gasteiger partial charge on any atom is -0.489 e. The van der Waals surface area contributed by atoms with Crippen LogP contribution < -0.4 is 14.2 Å². The number of hydrogen-bond donors (Lipinski definition) is 0. The maximum atomic E-state index is 6.64. The fraction of sp³-hybridized carbons (Fsp3) is 0.111. The van der Waals surface area contributed by atoms with Crippen LogP contribution in [0.15, 0.2) is 182 Å². The first kappa shape index (κ1) is 44.7. The van der Waals surface area contributed by atoms with Gasteiger partial charge in [-0.2, -0.15) is 0 Å². The third kappa shape index (κ3) is 13.8. The van der Waals surface area contributed by atoms with E-state index in [1.165, 1.54) is 22.3 Å². The van der Waals surface area contributed by atoms with E-state index < -0.39 is 0 Å². The molecule has 0 heterocycles. The van der Waals surface area contributed by atoms with E-state index in [4.69, 9.17) is 14.2 Å². The van der Waals surface area contributed by atoms with Crippen LogP contribution in [0.5, 0.6) is 17.2 Å². The van der Waals surface area contributed by atoms with Crippen molar-refractivity contribution in [3.63, 3.8) is 0 Å². The molecule has 3 heteroatoms. The molecule has 0 saturated carbocycles. The van der Waals surface area contributed by atoms with Gasteiger partial charge in [0.1, 0.15) is 37.1 Å². The highest BCUT2D eigenvalue weighted by atomic mass is 16.5. The Labute approximate surface area is 391 Å². The fourth-order valence-corrected chi connectivity index (χ4v) is 7.38. The standard InChI is InChI=1S/C63H56O3/c1-46-10-18-50(19-11-46)26-30-55-34-56(31-27-51-20-12-47(2)13-21-51)38-61(37-55)65-44-59-36-60(42-63(41-59)64-43-54-8-6-5-7-9-54)45-66-62-39-57(32-28-52-22-14-48(3)15-23-52)35-58(40-62)33-29-53-24-16-49(4)17-25-53/h5-42H,43-45H2,1-4H3/b30-26+,31-27+,32-28+,33-29+. The first-order valence-electron chi connectivity index (χ1n) is 22.6. The summed E-state index contributed by atoms with van der Waals surface area (Å²) in [5.41, 5.74) is 16.8. The molecule has 0 aromatic heterocycles. The number of benzene rings is 8. The molecule has 0 atom stereocenters. The lowest BCUT2D eigenvalue weighted by molar-refractivity contribution is 0.288. The van der Waals surface area contributed by atoms with Crippen LogP contribution in [0.3, 0.4) is 0 Å². The van der Waals surface area contributed by atoms with E-state index in [0.717, 1.165) is 78.4 Å². The Bertz CT molecular complexity index is 2620. The Morgan fingerprint density at radius 3 is 0.848 bits per heavy atom. The van der Waals surface area contributed by atoms with Crippen LogP contribution in [0, 0.1) is 27.7 Å². The van der Waals surface area contributed by atoms with Gasteiger partial charge in [-0.1, -0.05) is 198 Å². The molecule has 0 saturated heterocycles.